The Morgan fingerprint density at radius 1 is 0.480 bits per heavy atom. The van der Waals surface area contributed by atoms with Crippen LogP contribution in [0.4, 0.5) is 56.9 Å². The van der Waals surface area contributed by atoms with Crippen molar-refractivity contribution in [1.82, 2.24) is 0 Å². The van der Waals surface area contributed by atoms with E-state index in [1.807, 2.05) is 100 Å². The van der Waals surface area contributed by atoms with Gasteiger partial charge in [-0.15, -0.1) is 47.6 Å². The van der Waals surface area contributed by atoms with E-state index in [1.165, 1.54) is 0 Å². The molecule has 3 heterocycles. The zero-order chi connectivity index (χ0) is 33.3. The van der Waals surface area contributed by atoms with Gasteiger partial charge >= 0.3 is 0 Å². The molecule has 7 nitrogen and oxygen atoms in total. The maximum Gasteiger partial charge on any atom is 0.0726 e. The molecule has 3 aliphatic heterocycles. The van der Waals surface area contributed by atoms with Gasteiger partial charge in [0.2, 0.25) is 0 Å². The minimum absolute atomic E-state index is 0. The van der Waals surface area contributed by atoms with Gasteiger partial charge in [0.25, 0.3) is 0 Å². The summed E-state index contributed by atoms with van der Waals surface area (Å²) >= 11 is 0. The standard InChI is InChI=1S/C23H18N5.C19H13N2.Ir/c1-25-15-27(22-9-5-3-7-20(22)25)18-11-17(14-24)12-19(13-18)28-16-26(2)21-8-4-6-10-23(21)28;1-3-9-16(10-4-1)20-15-21(17-11-5-2-6-12-17)19-14-8-7-13-18(19)20;/h3-12,15-16H,1-2H3;1-9,11,13-15H;/q2*-3;. The molecule has 1 radical (unpaired) electrons. The van der Waals surface area contributed by atoms with Crippen molar-refractivity contribution in [3.8, 4) is 6.07 Å². The molecular formula is C42H31IrN7-6. The first-order chi connectivity index (χ1) is 24.1. The smallest absolute Gasteiger partial charge is 0.0726 e. The fourth-order valence-corrected chi connectivity index (χ4v) is 6.34. The van der Waals surface area contributed by atoms with E-state index in [0.29, 0.717) is 5.56 Å². The van der Waals surface area contributed by atoms with Crippen LogP contribution in [0.1, 0.15) is 5.56 Å². The predicted molar refractivity (Wildman–Crippen MR) is 198 cm³/mol. The Labute approximate surface area is 307 Å². The molecule has 0 aliphatic carbocycles. The van der Waals surface area contributed by atoms with Crippen LogP contribution in [0, 0.1) is 49.5 Å². The second-order valence-electron chi connectivity index (χ2n) is 11.8. The molecule has 0 unspecified atom stereocenters. The van der Waals surface area contributed by atoms with Gasteiger partial charge in [0.05, 0.1) is 6.07 Å². The van der Waals surface area contributed by atoms with Crippen LogP contribution in [0.15, 0.2) is 133 Å². The number of hydrogen-bond donors (Lipinski definition) is 0. The molecule has 6 aromatic rings. The van der Waals surface area contributed by atoms with E-state index in [4.69, 9.17) is 0 Å². The second kappa shape index (κ2) is 14.0. The Bertz CT molecular complexity index is 2010. The molecular weight excluding hydrogens is 795 g/mol. The maximum absolute atomic E-state index is 9.62. The van der Waals surface area contributed by atoms with Gasteiger partial charge in [0, 0.05) is 54.2 Å². The molecule has 0 aromatic heterocycles. The fraction of sp³-hybridized carbons (Fsp3) is 0.0476. The van der Waals surface area contributed by atoms with Crippen molar-refractivity contribution >= 4 is 56.9 Å². The fourth-order valence-electron chi connectivity index (χ4n) is 6.34. The number of para-hydroxylation sites is 8. The number of anilines is 10. The molecule has 8 heteroatoms. The number of rotatable bonds is 4. The van der Waals surface area contributed by atoms with E-state index >= 15 is 0 Å². The molecule has 0 spiro atoms. The van der Waals surface area contributed by atoms with E-state index in [-0.39, 0.29) is 20.1 Å². The summed E-state index contributed by atoms with van der Waals surface area (Å²) in [6.45, 7) is 6.13. The average Bonchev–Trinajstić information content (AvgIpc) is 3.84. The second-order valence-corrected chi connectivity index (χ2v) is 11.8. The van der Waals surface area contributed by atoms with Crippen LogP contribution in [0.3, 0.4) is 0 Å². The van der Waals surface area contributed by atoms with E-state index in [1.54, 1.807) is 0 Å². The van der Waals surface area contributed by atoms with Crippen LogP contribution >= 0.6 is 0 Å². The topological polar surface area (TPSA) is 43.2 Å². The van der Waals surface area contributed by atoms with Crippen LogP contribution in [0.2, 0.25) is 0 Å². The maximum atomic E-state index is 9.62. The van der Waals surface area contributed by atoms with E-state index in [9.17, 15) is 5.26 Å². The van der Waals surface area contributed by atoms with Gasteiger partial charge in [0.15, 0.2) is 0 Å². The first-order valence-electron chi connectivity index (χ1n) is 15.9. The van der Waals surface area contributed by atoms with Gasteiger partial charge in [-0.3, -0.25) is 0 Å². The Kier molecular flexibility index (Phi) is 9.19. The summed E-state index contributed by atoms with van der Waals surface area (Å²) in [5, 5.41) is 9.62. The summed E-state index contributed by atoms with van der Waals surface area (Å²) in [5.74, 6) is 0. The first-order valence-corrected chi connectivity index (χ1v) is 15.9. The number of fused-ring (bicyclic) bond motifs is 3. The Morgan fingerprint density at radius 3 is 1.22 bits per heavy atom. The third-order valence-corrected chi connectivity index (χ3v) is 8.64. The molecule has 0 N–H and O–H groups in total. The van der Waals surface area contributed by atoms with Crippen molar-refractivity contribution in [2.45, 2.75) is 0 Å². The molecule has 0 fully saturated rings. The third-order valence-electron chi connectivity index (χ3n) is 8.64. The number of nitriles is 1. The molecule has 0 atom stereocenters. The largest absolute Gasteiger partial charge is 0.504 e. The summed E-state index contributed by atoms with van der Waals surface area (Å²) in [6, 6.07) is 56.9. The third kappa shape index (κ3) is 6.03. The number of benzene rings is 6. The van der Waals surface area contributed by atoms with Crippen molar-refractivity contribution in [2.24, 2.45) is 0 Å². The van der Waals surface area contributed by atoms with Gasteiger partial charge < -0.3 is 29.4 Å². The predicted octanol–water partition coefficient (Wildman–Crippen LogP) is 9.47. The number of hydrogen-bond acceptors (Lipinski definition) is 7. The van der Waals surface area contributed by atoms with Crippen LogP contribution in [0.25, 0.3) is 0 Å². The zero-order valence-corrected chi connectivity index (χ0v) is 29.8. The van der Waals surface area contributed by atoms with E-state index < -0.39 is 0 Å². The SMILES string of the molecule is CN1[CH-]N(c2[c-]c(N3[CH-]N(C)c4ccccc43)cc(C#N)c2)c2ccccc21.[Ir].[c-]1ccccc1N1[CH-]N(c2[c-]cccc2)c2ccccc21. The molecule has 0 saturated carbocycles. The molecule has 249 valence electrons. The van der Waals surface area contributed by atoms with Crippen molar-refractivity contribution in [3.05, 3.63) is 177 Å². The monoisotopic (exact) mass is 826 g/mol. The summed E-state index contributed by atoms with van der Waals surface area (Å²) in [5.41, 5.74) is 11.0. The van der Waals surface area contributed by atoms with E-state index in [0.717, 1.165) is 56.9 Å². The van der Waals surface area contributed by atoms with Crippen molar-refractivity contribution < 1.29 is 20.1 Å². The van der Waals surface area contributed by atoms with Gasteiger partial charge in [-0.1, -0.05) is 42.0 Å². The van der Waals surface area contributed by atoms with E-state index in [2.05, 4.69) is 121 Å². The minimum Gasteiger partial charge on any atom is -0.504 e. The first kappa shape index (κ1) is 32.8. The summed E-state index contributed by atoms with van der Waals surface area (Å²) < 4.78 is 0. The van der Waals surface area contributed by atoms with Crippen LogP contribution in [-0.2, 0) is 20.1 Å². The number of nitrogens with zero attached hydrogens (tertiary/aromatic N) is 7. The summed E-state index contributed by atoms with van der Waals surface area (Å²) in [6.07, 6.45) is 0. The molecule has 9 rings (SSSR count). The quantitative estimate of drug-likeness (QED) is 0.164. The Balaban J connectivity index is 0.000000160. The van der Waals surface area contributed by atoms with Gasteiger partial charge in [-0.25, -0.2) is 0 Å². The average molecular weight is 826 g/mol. The minimum atomic E-state index is 0. The Morgan fingerprint density at radius 2 is 0.840 bits per heavy atom. The summed E-state index contributed by atoms with van der Waals surface area (Å²) in [7, 11) is 4.04. The van der Waals surface area contributed by atoms with Crippen LogP contribution in [0.5, 0.6) is 0 Å². The van der Waals surface area contributed by atoms with Gasteiger partial charge in [-0.2, -0.15) is 79.3 Å². The van der Waals surface area contributed by atoms with Crippen LogP contribution < -0.4 is 29.4 Å². The summed E-state index contributed by atoms with van der Waals surface area (Å²) in [4.78, 5) is 12.6. The molecule has 0 saturated heterocycles. The normalized spacial score (nSPS) is 13.9. The Hall–Kier alpha value is -5.74. The van der Waals surface area contributed by atoms with Crippen molar-refractivity contribution in [2.75, 3.05) is 43.5 Å². The molecule has 0 bridgehead atoms. The van der Waals surface area contributed by atoms with Crippen LogP contribution in [-0.4, -0.2) is 14.1 Å². The zero-order valence-electron chi connectivity index (χ0n) is 27.4. The molecule has 3 aliphatic rings. The van der Waals surface area contributed by atoms with Crippen molar-refractivity contribution in [3.63, 3.8) is 0 Å². The molecule has 50 heavy (non-hydrogen) atoms. The van der Waals surface area contributed by atoms with Gasteiger partial charge in [0.1, 0.15) is 0 Å². The van der Waals surface area contributed by atoms with Crippen molar-refractivity contribution in [1.29, 1.82) is 5.26 Å². The molecule has 0 amide bonds. The van der Waals surface area contributed by atoms with Gasteiger partial charge in [-0.05, 0) is 50.5 Å². The molecule has 6 aromatic carbocycles.